The maximum Gasteiger partial charge on any atom is 0.253 e. The van der Waals surface area contributed by atoms with Crippen LogP contribution in [-0.4, -0.2) is 24.9 Å². The molecule has 0 atom stereocenters. The number of rotatable bonds is 3. The second-order valence-corrected chi connectivity index (χ2v) is 5.74. The molecular weight excluding hydrogens is 296 g/mol. The van der Waals surface area contributed by atoms with Crippen LogP contribution in [0.3, 0.4) is 0 Å². The summed E-state index contributed by atoms with van der Waals surface area (Å²) in [5.41, 5.74) is -0.197. The van der Waals surface area contributed by atoms with Crippen LogP contribution in [0.5, 0.6) is 11.5 Å². The fourth-order valence-electron chi connectivity index (χ4n) is 1.53. The van der Waals surface area contributed by atoms with Gasteiger partial charge in [-0.1, -0.05) is 0 Å². The third-order valence-corrected chi connectivity index (χ3v) is 2.82. The highest BCUT2D eigenvalue weighted by Gasteiger charge is 2.23. The summed E-state index contributed by atoms with van der Waals surface area (Å²) in [6.07, 6.45) is 0.799. The van der Waals surface area contributed by atoms with Crippen LogP contribution in [0.2, 0.25) is 0 Å². The number of halogens is 2. The Bertz CT molecular complexity index is 749. The molecule has 0 aliphatic carbocycles. The molecule has 0 radical (unpaired) electrons. The summed E-state index contributed by atoms with van der Waals surface area (Å²) in [5, 5.41) is 19.2. The van der Waals surface area contributed by atoms with Gasteiger partial charge in [0, 0.05) is 11.6 Å². The Kier molecular flexibility index (Phi) is 3.30. The van der Waals surface area contributed by atoms with Gasteiger partial charge in [0.25, 0.3) is 5.88 Å². The van der Waals surface area contributed by atoms with Gasteiger partial charge in [-0.2, -0.15) is 0 Å². The standard InChI is InChI=1S/C11H9F2NO5S/c1-20(17,18)14-11-9(16)8(15)10(19-11)5-2-6(12)4-7(13)3-5/h2-4,14-16H,1H3. The largest absolute Gasteiger partial charge is 0.502 e. The van der Waals surface area contributed by atoms with Crippen molar-refractivity contribution >= 4 is 15.9 Å². The fraction of sp³-hybridized carbons (Fsp3) is 0.0909. The number of furan rings is 1. The first-order chi connectivity index (χ1) is 9.17. The first kappa shape index (κ1) is 14.1. The highest BCUT2D eigenvalue weighted by atomic mass is 32.2. The summed E-state index contributed by atoms with van der Waals surface area (Å²) in [6.45, 7) is 0. The number of hydrogen-bond donors (Lipinski definition) is 3. The van der Waals surface area contributed by atoms with Crippen LogP contribution in [0.1, 0.15) is 0 Å². The molecule has 1 aromatic carbocycles. The third kappa shape index (κ3) is 2.82. The van der Waals surface area contributed by atoms with Gasteiger partial charge in [-0.15, -0.1) is 0 Å². The summed E-state index contributed by atoms with van der Waals surface area (Å²) in [4.78, 5) is 0. The maximum atomic E-state index is 13.1. The number of hydrogen-bond acceptors (Lipinski definition) is 5. The molecular formula is C11H9F2NO5S. The van der Waals surface area contributed by atoms with E-state index in [2.05, 4.69) is 0 Å². The predicted molar refractivity (Wildman–Crippen MR) is 65.9 cm³/mol. The SMILES string of the molecule is CS(=O)(=O)Nc1oc(-c2cc(F)cc(F)c2)c(O)c1O. The fourth-order valence-corrected chi connectivity index (χ4v) is 2.01. The van der Waals surface area contributed by atoms with Crippen molar-refractivity contribution in [2.24, 2.45) is 0 Å². The van der Waals surface area contributed by atoms with Crippen molar-refractivity contribution in [3.05, 3.63) is 29.8 Å². The average Bonchev–Trinajstić information content (AvgIpc) is 2.54. The van der Waals surface area contributed by atoms with Gasteiger partial charge in [0.1, 0.15) is 11.6 Å². The topological polar surface area (TPSA) is 99.8 Å². The van der Waals surface area contributed by atoms with Crippen LogP contribution < -0.4 is 4.72 Å². The maximum absolute atomic E-state index is 13.1. The van der Waals surface area contributed by atoms with Crippen LogP contribution in [0.15, 0.2) is 22.6 Å². The molecule has 0 aliphatic heterocycles. The lowest BCUT2D eigenvalue weighted by Crippen LogP contribution is -2.08. The van der Waals surface area contributed by atoms with Crippen molar-refractivity contribution in [1.29, 1.82) is 0 Å². The highest BCUT2D eigenvalue weighted by Crippen LogP contribution is 2.45. The van der Waals surface area contributed by atoms with Gasteiger partial charge in [0.15, 0.2) is 5.76 Å². The lowest BCUT2D eigenvalue weighted by atomic mass is 10.1. The Labute approximate surface area is 112 Å². The first-order valence-corrected chi connectivity index (χ1v) is 7.05. The molecule has 1 aromatic heterocycles. The molecule has 9 heteroatoms. The van der Waals surface area contributed by atoms with E-state index in [4.69, 9.17) is 4.42 Å². The number of benzene rings is 1. The molecule has 6 nitrogen and oxygen atoms in total. The van der Waals surface area contributed by atoms with Gasteiger partial charge in [0.2, 0.25) is 21.5 Å². The lowest BCUT2D eigenvalue weighted by molar-refractivity contribution is 0.410. The van der Waals surface area contributed by atoms with Crippen molar-refractivity contribution in [3.63, 3.8) is 0 Å². The lowest BCUT2D eigenvalue weighted by Gasteiger charge is -2.00. The minimum Gasteiger partial charge on any atom is -0.502 e. The minimum absolute atomic E-state index is 0.197. The Balaban J connectivity index is 2.56. The van der Waals surface area contributed by atoms with Crippen LogP contribution in [-0.2, 0) is 10.0 Å². The van der Waals surface area contributed by atoms with Gasteiger partial charge in [0.05, 0.1) is 6.26 Å². The van der Waals surface area contributed by atoms with E-state index in [-0.39, 0.29) is 5.56 Å². The number of nitrogens with one attached hydrogen (secondary N) is 1. The molecule has 0 bridgehead atoms. The summed E-state index contributed by atoms with van der Waals surface area (Å²) in [7, 11) is -3.76. The zero-order valence-corrected chi connectivity index (χ0v) is 10.8. The van der Waals surface area contributed by atoms with Crippen molar-refractivity contribution in [1.82, 2.24) is 0 Å². The molecule has 3 N–H and O–H groups in total. The van der Waals surface area contributed by atoms with E-state index in [1.165, 1.54) is 0 Å². The summed E-state index contributed by atoms with van der Waals surface area (Å²) in [5.74, 6) is -4.67. The second kappa shape index (κ2) is 4.67. The monoisotopic (exact) mass is 305 g/mol. The molecule has 20 heavy (non-hydrogen) atoms. The molecule has 2 aromatic rings. The minimum atomic E-state index is -3.76. The second-order valence-electron chi connectivity index (χ2n) is 3.99. The van der Waals surface area contributed by atoms with E-state index >= 15 is 0 Å². The first-order valence-electron chi connectivity index (χ1n) is 5.16. The molecule has 2 rings (SSSR count). The Morgan fingerprint density at radius 1 is 1.10 bits per heavy atom. The Hall–Kier alpha value is -2.29. The van der Waals surface area contributed by atoms with Crippen LogP contribution in [0.25, 0.3) is 11.3 Å². The number of anilines is 1. The van der Waals surface area contributed by atoms with Crippen molar-refractivity contribution in [2.75, 3.05) is 11.0 Å². The van der Waals surface area contributed by atoms with E-state index in [9.17, 15) is 27.4 Å². The Morgan fingerprint density at radius 3 is 2.15 bits per heavy atom. The van der Waals surface area contributed by atoms with Gasteiger partial charge in [-0.3, -0.25) is 4.72 Å². The molecule has 0 unspecified atom stereocenters. The molecule has 108 valence electrons. The van der Waals surface area contributed by atoms with Gasteiger partial charge in [-0.25, -0.2) is 17.2 Å². The van der Waals surface area contributed by atoms with E-state index in [0.717, 1.165) is 18.4 Å². The van der Waals surface area contributed by atoms with Crippen LogP contribution in [0.4, 0.5) is 14.7 Å². The van der Waals surface area contributed by atoms with Gasteiger partial charge < -0.3 is 14.6 Å². The van der Waals surface area contributed by atoms with Crippen molar-refractivity contribution in [3.8, 4) is 22.8 Å². The average molecular weight is 305 g/mol. The summed E-state index contributed by atoms with van der Waals surface area (Å²) >= 11 is 0. The van der Waals surface area contributed by atoms with Crippen molar-refractivity contribution in [2.45, 2.75) is 0 Å². The molecule has 0 aliphatic rings. The molecule has 0 saturated heterocycles. The molecule has 0 saturated carbocycles. The molecule has 1 heterocycles. The van der Waals surface area contributed by atoms with E-state index in [0.29, 0.717) is 6.07 Å². The van der Waals surface area contributed by atoms with E-state index in [1.807, 2.05) is 4.72 Å². The molecule has 0 spiro atoms. The number of aromatic hydroxyl groups is 2. The third-order valence-electron chi connectivity index (χ3n) is 2.26. The number of sulfonamides is 1. The predicted octanol–water partition coefficient (Wildman–Crippen LogP) is 2.01. The van der Waals surface area contributed by atoms with Gasteiger partial charge >= 0.3 is 0 Å². The van der Waals surface area contributed by atoms with E-state index < -0.39 is 44.8 Å². The van der Waals surface area contributed by atoms with Crippen molar-refractivity contribution < 1.29 is 31.8 Å². The molecule has 0 amide bonds. The Morgan fingerprint density at radius 2 is 1.65 bits per heavy atom. The van der Waals surface area contributed by atoms with Crippen LogP contribution >= 0.6 is 0 Å². The van der Waals surface area contributed by atoms with E-state index in [1.54, 1.807) is 0 Å². The summed E-state index contributed by atoms with van der Waals surface area (Å²) in [6, 6.07) is 2.32. The van der Waals surface area contributed by atoms with Crippen LogP contribution in [0, 0.1) is 11.6 Å². The molecule has 0 fully saturated rings. The zero-order chi connectivity index (χ0) is 15.1. The summed E-state index contributed by atoms with van der Waals surface area (Å²) < 4.78 is 55.0. The quantitative estimate of drug-likeness (QED) is 0.805. The normalized spacial score (nSPS) is 11.6. The smallest absolute Gasteiger partial charge is 0.253 e. The zero-order valence-electron chi connectivity index (χ0n) is 10.0. The van der Waals surface area contributed by atoms with Gasteiger partial charge in [-0.05, 0) is 12.1 Å². The highest BCUT2D eigenvalue weighted by molar-refractivity contribution is 7.92.